The second kappa shape index (κ2) is 5.03. The summed E-state index contributed by atoms with van der Waals surface area (Å²) >= 11 is 0. The number of nitrogens with one attached hydrogen (secondary N) is 1. The van der Waals surface area contributed by atoms with Gasteiger partial charge in [-0.25, -0.2) is 0 Å². The Bertz CT molecular complexity index is 228. The minimum atomic E-state index is 0.328. The lowest BCUT2D eigenvalue weighted by atomic mass is 9.61. The first-order valence-corrected chi connectivity index (χ1v) is 6.57. The summed E-state index contributed by atoms with van der Waals surface area (Å²) in [6.45, 7) is 7.30. The van der Waals surface area contributed by atoms with E-state index in [9.17, 15) is 0 Å². The highest BCUT2D eigenvalue weighted by molar-refractivity contribution is 5.04. The molecule has 3 nitrogen and oxygen atoms in total. The van der Waals surface area contributed by atoms with Crippen LogP contribution in [0.1, 0.15) is 33.1 Å². The van der Waals surface area contributed by atoms with Gasteiger partial charge in [-0.1, -0.05) is 13.8 Å². The molecule has 0 radical (unpaired) electrons. The minimum Gasteiger partial charge on any atom is -0.381 e. The van der Waals surface area contributed by atoms with Gasteiger partial charge < -0.3 is 14.8 Å². The molecule has 1 saturated carbocycles. The molecule has 2 rings (SSSR count). The summed E-state index contributed by atoms with van der Waals surface area (Å²) in [5.41, 5.74) is 0.328. The molecule has 1 N–H and O–H groups in total. The van der Waals surface area contributed by atoms with Gasteiger partial charge in [0.25, 0.3) is 0 Å². The molecule has 3 heteroatoms. The highest BCUT2D eigenvalue weighted by atomic mass is 16.5. The topological polar surface area (TPSA) is 30.5 Å². The lowest BCUT2D eigenvalue weighted by molar-refractivity contribution is -0.134. The number of rotatable bonds is 5. The molecule has 1 heterocycles. The van der Waals surface area contributed by atoms with Crippen molar-refractivity contribution < 1.29 is 9.47 Å². The van der Waals surface area contributed by atoms with E-state index in [1.165, 1.54) is 12.8 Å². The summed E-state index contributed by atoms with van der Waals surface area (Å²) in [5.74, 6) is 0.634. The Labute approximate surface area is 98.9 Å². The van der Waals surface area contributed by atoms with Crippen LogP contribution < -0.4 is 5.32 Å². The predicted molar refractivity (Wildman–Crippen MR) is 64.5 cm³/mol. The number of hydrogen-bond donors (Lipinski definition) is 1. The van der Waals surface area contributed by atoms with Gasteiger partial charge in [-0.15, -0.1) is 0 Å². The van der Waals surface area contributed by atoms with Crippen molar-refractivity contribution in [3.05, 3.63) is 0 Å². The van der Waals surface area contributed by atoms with Crippen molar-refractivity contribution in [2.24, 2.45) is 11.3 Å². The van der Waals surface area contributed by atoms with Crippen LogP contribution in [0.2, 0.25) is 0 Å². The molecule has 0 bridgehead atoms. The third-order valence-corrected chi connectivity index (χ3v) is 4.65. The Balaban J connectivity index is 1.77. The molecule has 1 aliphatic heterocycles. The van der Waals surface area contributed by atoms with Gasteiger partial charge in [0.1, 0.15) is 0 Å². The summed E-state index contributed by atoms with van der Waals surface area (Å²) in [5, 5.41) is 3.40. The smallest absolute Gasteiger partial charge is 0.0658 e. The molecule has 2 fully saturated rings. The Morgan fingerprint density at radius 3 is 2.88 bits per heavy atom. The van der Waals surface area contributed by atoms with Crippen LogP contribution in [-0.4, -0.2) is 39.0 Å². The van der Waals surface area contributed by atoms with Gasteiger partial charge in [-0.05, 0) is 26.3 Å². The van der Waals surface area contributed by atoms with Gasteiger partial charge in [0.05, 0.1) is 19.3 Å². The average Bonchev–Trinajstić information content (AvgIpc) is 2.79. The molecule has 16 heavy (non-hydrogen) atoms. The van der Waals surface area contributed by atoms with Crippen LogP contribution >= 0.6 is 0 Å². The summed E-state index contributed by atoms with van der Waals surface area (Å²) in [6.07, 6.45) is 3.96. The van der Waals surface area contributed by atoms with Crippen molar-refractivity contribution in [1.82, 2.24) is 5.32 Å². The van der Waals surface area contributed by atoms with Crippen molar-refractivity contribution >= 4 is 0 Å². The third kappa shape index (κ3) is 2.13. The largest absolute Gasteiger partial charge is 0.381 e. The highest BCUT2D eigenvalue weighted by Crippen LogP contribution is 2.45. The van der Waals surface area contributed by atoms with E-state index in [0.717, 1.165) is 26.2 Å². The van der Waals surface area contributed by atoms with Gasteiger partial charge in [-0.2, -0.15) is 0 Å². The quantitative estimate of drug-likeness (QED) is 0.777. The molecular weight excluding hydrogens is 202 g/mol. The van der Waals surface area contributed by atoms with E-state index in [1.54, 1.807) is 0 Å². The monoisotopic (exact) mass is 227 g/mol. The first-order valence-electron chi connectivity index (χ1n) is 6.57. The SMILES string of the molecule is CCC1(C)C(NC)CC1OCC1CCOC1. The zero-order chi connectivity index (χ0) is 11.6. The fourth-order valence-corrected chi connectivity index (χ4v) is 2.96. The molecule has 1 aliphatic carbocycles. The van der Waals surface area contributed by atoms with E-state index < -0.39 is 0 Å². The van der Waals surface area contributed by atoms with Crippen molar-refractivity contribution in [2.45, 2.75) is 45.3 Å². The molecule has 94 valence electrons. The first kappa shape index (κ1) is 12.3. The van der Waals surface area contributed by atoms with Crippen LogP contribution in [-0.2, 0) is 9.47 Å². The summed E-state index contributed by atoms with van der Waals surface area (Å²) in [6, 6.07) is 0.627. The van der Waals surface area contributed by atoms with Gasteiger partial charge in [0.2, 0.25) is 0 Å². The minimum absolute atomic E-state index is 0.328. The van der Waals surface area contributed by atoms with Gasteiger partial charge in [-0.3, -0.25) is 0 Å². The first-order chi connectivity index (χ1) is 7.70. The molecule has 4 atom stereocenters. The van der Waals surface area contributed by atoms with Crippen LogP contribution in [0.25, 0.3) is 0 Å². The molecule has 0 aromatic heterocycles. The number of hydrogen-bond acceptors (Lipinski definition) is 3. The Hall–Kier alpha value is -0.120. The predicted octanol–water partition coefficient (Wildman–Crippen LogP) is 1.82. The average molecular weight is 227 g/mol. The fraction of sp³-hybridized carbons (Fsp3) is 1.00. The van der Waals surface area contributed by atoms with Gasteiger partial charge in [0, 0.05) is 24.0 Å². The molecular formula is C13H25NO2. The molecule has 4 unspecified atom stereocenters. The maximum atomic E-state index is 6.08. The molecule has 2 aliphatic rings. The van der Waals surface area contributed by atoms with E-state index in [-0.39, 0.29) is 0 Å². The highest BCUT2D eigenvalue weighted by Gasteiger charge is 2.50. The van der Waals surface area contributed by atoms with E-state index >= 15 is 0 Å². The van der Waals surface area contributed by atoms with Gasteiger partial charge in [0.15, 0.2) is 0 Å². The van der Waals surface area contributed by atoms with Crippen molar-refractivity contribution in [1.29, 1.82) is 0 Å². The maximum absolute atomic E-state index is 6.08. The van der Waals surface area contributed by atoms with E-state index in [1.807, 2.05) is 0 Å². The van der Waals surface area contributed by atoms with E-state index in [0.29, 0.717) is 23.5 Å². The summed E-state index contributed by atoms with van der Waals surface area (Å²) < 4.78 is 11.4. The van der Waals surface area contributed by atoms with Crippen molar-refractivity contribution in [2.75, 3.05) is 26.9 Å². The Morgan fingerprint density at radius 1 is 1.50 bits per heavy atom. The maximum Gasteiger partial charge on any atom is 0.0658 e. The zero-order valence-electron chi connectivity index (χ0n) is 10.8. The molecule has 0 spiro atoms. The lowest BCUT2D eigenvalue weighted by Gasteiger charge is -2.53. The lowest BCUT2D eigenvalue weighted by Crippen LogP contribution is -2.61. The van der Waals surface area contributed by atoms with Crippen molar-refractivity contribution in [3.63, 3.8) is 0 Å². The third-order valence-electron chi connectivity index (χ3n) is 4.65. The normalized spacial score (nSPS) is 43.3. The van der Waals surface area contributed by atoms with Crippen LogP contribution in [0.5, 0.6) is 0 Å². The Kier molecular flexibility index (Phi) is 3.88. The van der Waals surface area contributed by atoms with Crippen LogP contribution in [0, 0.1) is 11.3 Å². The van der Waals surface area contributed by atoms with Gasteiger partial charge >= 0.3 is 0 Å². The standard InChI is InChI=1S/C13H25NO2/c1-4-13(2)11(14-3)7-12(13)16-9-10-5-6-15-8-10/h10-12,14H,4-9H2,1-3H3. The number of ether oxygens (including phenoxy) is 2. The Morgan fingerprint density at radius 2 is 2.31 bits per heavy atom. The second-order valence-corrected chi connectivity index (χ2v) is 5.49. The van der Waals surface area contributed by atoms with Crippen molar-refractivity contribution in [3.8, 4) is 0 Å². The fourth-order valence-electron chi connectivity index (χ4n) is 2.96. The van der Waals surface area contributed by atoms with E-state index in [4.69, 9.17) is 9.47 Å². The van der Waals surface area contributed by atoms with Crippen LogP contribution in [0.15, 0.2) is 0 Å². The summed E-state index contributed by atoms with van der Waals surface area (Å²) in [7, 11) is 2.06. The summed E-state index contributed by atoms with van der Waals surface area (Å²) in [4.78, 5) is 0. The van der Waals surface area contributed by atoms with Crippen LogP contribution in [0.4, 0.5) is 0 Å². The molecule has 0 aromatic carbocycles. The molecule has 0 aromatic rings. The molecule has 1 saturated heterocycles. The van der Waals surface area contributed by atoms with E-state index in [2.05, 4.69) is 26.2 Å². The zero-order valence-corrected chi connectivity index (χ0v) is 10.8. The molecule has 0 amide bonds. The van der Waals surface area contributed by atoms with Crippen LogP contribution in [0.3, 0.4) is 0 Å². The second-order valence-electron chi connectivity index (χ2n) is 5.49.